The zero-order chi connectivity index (χ0) is 17.6. The zero-order valence-corrected chi connectivity index (χ0v) is 14.8. The molecule has 7 nitrogen and oxygen atoms in total. The maximum absolute atomic E-state index is 9.87. The van der Waals surface area contributed by atoms with E-state index in [1.165, 1.54) is 64.2 Å². The number of phosphoric acid groups is 1. The Hall–Kier alpha value is -0.480. The molecule has 0 aromatic carbocycles. The number of rotatable bonds is 3. The summed E-state index contributed by atoms with van der Waals surface area (Å²) in [5, 5.41) is 7.88. The molecule has 0 unspecified atom stereocenters. The van der Waals surface area contributed by atoms with Crippen LogP contribution in [-0.2, 0) is 9.09 Å². The van der Waals surface area contributed by atoms with Gasteiger partial charge in [-0.2, -0.15) is 5.26 Å². The minimum atomic E-state index is -4.35. The quantitative estimate of drug-likeness (QED) is 0.453. The van der Waals surface area contributed by atoms with E-state index in [9.17, 15) is 4.57 Å². The van der Waals surface area contributed by atoms with Crippen LogP contribution in [0.5, 0.6) is 0 Å². The van der Waals surface area contributed by atoms with Gasteiger partial charge in [0.25, 0.3) is 0 Å². The smallest absolute Gasteiger partial charge is 0.328 e. The van der Waals surface area contributed by atoms with E-state index in [0.29, 0.717) is 12.1 Å². The van der Waals surface area contributed by atoms with Gasteiger partial charge in [0.2, 0.25) is 0 Å². The monoisotopic (exact) mass is 349 g/mol. The second kappa shape index (κ2) is 13.9. The Morgan fingerprint density at radius 3 is 1.57 bits per heavy atom. The first-order valence-corrected chi connectivity index (χ1v) is 9.96. The largest absolute Gasteiger partial charge is 0.469 e. The summed E-state index contributed by atoms with van der Waals surface area (Å²) in [6.07, 6.45) is 13.3. The van der Waals surface area contributed by atoms with Gasteiger partial charge in [-0.05, 0) is 25.7 Å². The number of nitrogens with two attached hydrogens (primary N) is 2. The van der Waals surface area contributed by atoms with Crippen molar-refractivity contribution in [3.63, 3.8) is 0 Å². The van der Waals surface area contributed by atoms with E-state index in [0.717, 1.165) is 0 Å². The minimum Gasteiger partial charge on any atom is -0.328 e. The number of nitriles is 1. The molecule has 136 valence electrons. The van der Waals surface area contributed by atoms with Crippen LogP contribution in [0.4, 0.5) is 0 Å². The Balaban J connectivity index is 0.000000318. The molecule has 2 aliphatic carbocycles. The topological polar surface area (TPSA) is 143 Å². The summed E-state index contributed by atoms with van der Waals surface area (Å²) in [6.45, 7) is -0.221. The van der Waals surface area contributed by atoms with Gasteiger partial charge in [-0.3, -0.25) is 4.52 Å². The molecule has 0 bridgehead atoms. The molecular weight excluding hydrogens is 317 g/mol. The summed E-state index contributed by atoms with van der Waals surface area (Å²) in [5.74, 6) is 0. The van der Waals surface area contributed by atoms with E-state index in [4.69, 9.17) is 26.5 Å². The van der Waals surface area contributed by atoms with Crippen LogP contribution in [0.2, 0.25) is 0 Å². The highest BCUT2D eigenvalue weighted by molar-refractivity contribution is 7.46. The molecule has 2 aliphatic rings. The van der Waals surface area contributed by atoms with Crippen LogP contribution in [0.3, 0.4) is 0 Å². The molecule has 6 N–H and O–H groups in total. The van der Waals surface area contributed by atoms with Crippen LogP contribution >= 0.6 is 7.82 Å². The first-order chi connectivity index (χ1) is 10.8. The lowest BCUT2D eigenvalue weighted by Gasteiger charge is -2.15. The van der Waals surface area contributed by atoms with Crippen molar-refractivity contribution in [1.29, 1.82) is 5.26 Å². The molecule has 0 atom stereocenters. The van der Waals surface area contributed by atoms with Gasteiger partial charge in [-0.1, -0.05) is 38.5 Å². The number of phosphoric ester groups is 1. The SMILES string of the molecule is N#CCCOP(=O)(O)O.NC1CCCCC1.NC1CCCCC1. The van der Waals surface area contributed by atoms with Crippen LogP contribution < -0.4 is 11.5 Å². The third-order valence-corrected chi connectivity index (χ3v) is 4.29. The second-order valence-electron chi connectivity index (χ2n) is 6.03. The molecule has 8 heteroatoms. The molecule has 0 aromatic rings. The highest BCUT2D eigenvalue weighted by Gasteiger charge is 2.11. The summed E-state index contributed by atoms with van der Waals surface area (Å²) in [6, 6.07) is 2.74. The fraction of sp³-hybridized carbons (Fsp3) is 0.933. The van der Waals surface area contributed by atoms with Crippen LogP contribution in [-0.4, -0.2) is 28.5 Å². The molecule has 0 saturated heterocycles. The molecule has 0 heterocycles. The predicted octanol–water partition coefficient (Wildman–Crippen LogP) is 2.56. The lowest BCUT2D eigenvalue weighted by atomic mass is 9.97. The van der Waals surface area contributed by atoms with Gasteiger partial charge in [0.15, 0.2) is 0 Å². The van der Waals surface area contributed by atoms with Crippen LogP contribution in [0.15, 0.2) is 0 Å². The molecule has 0 aliphatic heterocycles. The van der Waals surface area contributed by atoms with E-state index in [1.807, 2.05) is 0 Å². The predicted molar refractivity (Wildman–Crippen MR) is 90.3 cm³/mol. The van der Waals surface area contributed by atoms with Gasteiger partial charge in [-0.25, -0.2) is 4.57 Å². The molecule has 0 spiro atoms. The number of hydrogen-bond donors (Lipinski definition) is 4. The minimum absolute atomic E-state index is 0.00882. The Labute approximate surface area is 139 Å². The summed E-state index contributed by atoms with van der Waals surface area (Å²) >= 11 is 0. The van der Waals surface area contributed by atoms with Gasteiger partial charge in [-0.15, -0.1) is 0 Å². The molecule has 0 amide bonds. The molecule has 0 radical (unpaired) electrons. The fourth-order valence-corrected chi connectivity index (χ4v) is 2.81. The maximum Gasteiger partial charge on any atom is 0.469 e. The van der Waals surface area contributed by atoms with Crippen LogP contribution in [0.25, 0.3) is 0 Å². The Bertz CT molecular complexity index is 342. The van der Waals surface area contributed by atoms with E-state index in [2.05, 4.69) is 4.52 Å². The van der Waals surface area contributed by atoms with Crippen molar-refractivity contribution < 1.29 is 18.9 Å². The summed E-state index contributed by atoms with van der Waals surface area (Å²) in [4.78, 5) is 16.0. The molecule has 2 saturated carbocycles. The van der Waals surface area contributed by atoms with Gasteiger partial charge < -0.3 is 21.3 Å². The Morgan fingerprint density at radius 1 is 0.957 bits per heavy atom. The van der Waals surface area contributed by atoms with Crippen molar-refractivity contribution in [2.24, 2.45) is 11.5 Å². The highest BCUT2D eigenvalue weighted by atomic mass is 31.2. The van der Waals surface area contributed by atoms with Gasteiger partial charge in [0, 0.05) is 12.1 Å². The lowest BCUT2D eigenvalue weighted by molar-refractivity contribution is 0.201. The van der Waals surface area contributed by atoms with E-state index in [1.54, 1.807) is 6.07 Å². The van der Waals surface area contributed by atoms with Gasteiger partial charge in [0.1, 0.15) is 0 Å². The van der Waals surface area contributed by atoms with Crippen molar-refractivity contribution >= 4 is 7.82 Å². The van der Waals surface area contributed by atoms with E-state index >= 15 is 0 Å². The number of nitrogens with zero attached hydrogens (tertiary/aromatic N) is 1. The first kappa shape index (κ1) is 22.5. The van der Waals surface area contributed by atoms with Crippen molar-refractivity contribution in [2.75, 3.05) is 6.61 Å². The molecular formula is C15H32N3O4P. The molecule has 23 heavy (non-hydrogen) atoms. The van der Waals surface area contributed by atoms with Crippen molar-refractivity contribution in [3.05, 3.63) is 0 Å². The third kappa shape index (κ3) is 17.7. The van der Waals surface area contributed by atoms with Gasteiger partial charge >= 0.3 is 7.82 Å². The lowest BCUT2D eigenvalue weighted by Crippen LogP contribution is -2.22. The molecule has 0 aromatic heterocycles. The van der Waals surface area contributed by atoms with Crippen LogP contribution in [0.1, 0.15) is 70.6 Å². The van der Waals surface area contributed by atoms with Crippen molar-refractivity contribution in [3.8, 4) is 6.07 Å². The Kier molecular flexibility index (Phi) is 13.6. The zero-order valence-electron chi connectivity index (χ0n) is 13.9. The fourth-order valence-electron chi connectivity index (χ4n) is 2.48. The normalized spacial score (nSPS) is 19.6. The summed E-state index contributed by atoms with van der Waals surface area (Å²) in [7, 11) is -4.35. The number of hydrogen-bond acceptors (Lipinski definition) is 5. The second-order valence-corrected chi connectivity index (χ2v) is 7.27. The maximum atomic E-state index is 9.87. The average Bonchev–Trinajstić information content (AvgIpc) is 2.49. The van der Waals surface area contributed by atoms with Gasteiger partial charge in [0.05, 0.1) is 19.1 Å². The third-order valence-electron chi connectivity index (χ3n) is 3.77. The summed E-state index contributed by atoms with van der Waals surface area (Å²) < 4.78 is 13.8. The highest BCUT2D eigenvalue weighted by Crippen LogP contribution is 2.35. The van der Waals surface area contributed by atoms with Crippen molar-refractivity contribution in [1.82, 2.24) is 0 Å². The van der Waals surface area contributed by atoms with E-state index in [-0.39, 0.29) is 13.0 Å². The standard InChI is InChI=1S/2C6H13N.C3H6NO4P/c2*7-6-4-2-1-3-5-6;4-2-1-3-8-9(5,6)7/h2*6H,1-5,7H2;1,3H2,(H2,5,6,7). The van der Waals surface area contributed by atoms with E-state index < -0.39 is 7.82 Å². The van der Waals surface area contributed by atoms with Crippen LogP contribution in [0, 0.1) is 11.3 Å². The van der Waals surface area contributed by atoms with Crippen molar-refractivity contribution in [2.45, 2.75) is 82.7 Å². The summed E-state index contributed by atoms with van der Waals surface area (Å²) in [5.41, 5.74) is 11.3. The average molecular weight is 349 g/mol. The first-order valence-electron chi connectivity index (χ1n) is 8.43. The molecule has 2 fully saturated rings. The Morgan fingerprint density at radius 2 is 1.35 bits per heavy atom. The molecule has 2 rings (SSSR count).